The summed E-state index contributed by atoms with van der Waals surface area (Å²) in [4.78, 5) is 0.116. The number of nitrogens with two attached hydrogens (primary N) is 1. The van der Waals surface area contributed by atoms with Gasteiger partial charge in [0.1, 0.15) is 10.6 Å². The monoisotopic (exact) mass is 218 g/mol. The summed E-state index contributed by atoms with van der Waals surface area (Å²) in [5, 5.41) is 4.93. The summed E-state index contributed by atoms with van der Waals surface area (Å²) in [5.74, 6) is 0.414. The smallest absolute Gasteiger partial charge is 0.239 e. The highest BCUT2D eigenvalue weighted by Gasteiger charge is 2.13. The molecule has 1 rings (SSSR count). The van der Waals surface area contributed by atoms with Crippen LogP contribution in [0.2, 0.25) is 0 Å². The Kier molecular flexibility index (Phi) is 2.74. The fourth-order valence-corrected chi connectivity index (χ4v) is 1.94. The van der Waals surface area contributed by atoms with Gasteiger partial charge in [0.05, 0.1) is 12.0 Å². The van der Waals surface area contributed by atoms with Crippen LogP contribution in [0.25, 0.3) is 0 Å². The molecule has 71 valence electrons. The van der Waals surface area contributed by atoms with Crippen molar-refractivity contribution in [3.63, 3.8) is 0 Å². The number of methoxy groups -OCH3 is 1. The van der Waals surface area contributed by atoms with Crippen LogP contribution in [0.3, 0.4) is 0 Å². The number of primary sulfonamides is 1. The Morgan fingerprint density at radius 2 is 2.08 bits per heavy atom. The van der Waals surface area contributed by atoms with Gasteiger partial charge in [0.15, 0.2) is 0 Å². The van der Waals surface area contributed by atoms with E-state index in [1.807, 2.05) is 0 Å². The minimum Gasteiger partial charge on any atom is -0.497 e. The summed E-state index contributed by atoms with van der Waals surface area (Å²) in [6.07, 6.45) is 0. The molecule has 4 nitrogen and oxygen atoms in total. The molecule has 0 bridgehead atoms. The lowest BCUT2D eigenvalue weighted by Gasteiger charge is -2.04. The molecule has 1 aromatic rings. The molecule has 0 unspecified atom stereocenters. The lowest BCUT2D eigenvalue weighted by molar-refractivity contribution is 0.413. The van der Waals surface area contributed by atoms with Gasteiger partial charge in [0, 0.05) is 6.07 Å². The number of benzene rings is 1. The van der Waals surface area contributed by atoms with Crippen LogP contribution in [0.4, 0.5) is 0 Å². The molecule has 0 heterocycles. The first-order valence-corrected chi connectivity index (χ1v) is 5.28. The zero-order valence-corrected chi connectivity index (χ0v) is 8.48. The minimum atomic E-state index is -3.75. The van der Waals surface area contributed by atoms with Crippen molar-refractivity contribution in [1.29, 1.82) is 0 Å². The second-order valence-corrected chi connectivity index (χ2v) is 4.33. The first kappa shape index (κ1) is 10.2. The van der Waals surface area contributed by atoms with E-state index in [0.717, 1.165) is 0 Å². The molecule has 0 fully saturated rings. The Hall–Kier alpha value is -0.850. The predicted octanol–water partition coefficient (Wildman–Crippen LogP) is 0.899. The molecular formula is C7H8NO3S2. The zero-order valence-electron chi connectivity index (χ0n) is 6.85. The molecule has 2 N–H and O–H groups in total. The van der Waals surface area contributed by atoms with Crippen molar-refractivity contribution in [2.24, 2.45) is 5.14 Å². The molecule has 0 amide bonds. The predicted molar refractivity (Wildman–Crippen MR) is 50.2 cm³/mol. The summed E-state index contributed by atoms with van der Waals surface area (Å²) in [7, 11) is -2.31. The lowest BCUT2D eigenvalue weighted by Crippen LogP contribution is -2.12. The maximum Gasteiger partial charge on any atom is 0.239 e. The molecule has 0 aromatic heterocycles. The Morgan fingerprint density at radius 1 is 1.46 bits per heavy atom. The van der Waals surface area contributed by atoms with Crippen molar-refractivity contribution in [2.45, 2.75) is 9.79 Å². The first-order valence-electron chi connectivity index (χ1n) is 3.33. The fraction of sp³-hybridized carbons (Fsp3) is 0.143. The molecule has 1 aromatic carbocycles. The molecule has 6 heteroatoms. The maximum atomic E-state index is 11.0. The molecule has 0 aliphatic rings. The Bertz CT molecular complexity index is 414. The van der Waals surface area contributed by atoms with Crippen molar-refractivity contribution < 1.29 is 13.2 Å². The van der Waals surface area contributed by atoms with E-state index in [1.165, 1.54) is 19.2 Å². The quantitative estimate of drug-likeness (QED) is 0.801. The van der Waals surface area contributed by atoms with Crippen molar-refractivity contribution >= 4 is 22.7 Å². The molecule has 0 atom stereocenters. The van der Waals surface area contributed by atoms with E-state index >= 15 is 0 Å². The summed E-state index contributed by atoms with van der Waals surface area (Å²) in [6.45, 7) is 0. The third-order valence-electron chi connectivity index (χ3n) is 1.46. The molecular weight excluding hydrogens is 210 g/mol. The molecule has 0 aliphatic carbocycles. The molecule has 0 spiro atoms. The number of sulfonamides is 1. The van der Waals surface area contributed by atoms with Gasteiger partial charge in [-0.2, -0.15) is 0 Å². The van der Waals surface area contributed by atoms with E-state index < -0.39 is 10.0 Å². The van der Waals surface area contributed by atoms with Gasteiger partial charge in [-0.1, -0.05) is 12.6 Å². The van der Waals surface area contributed by atoms with E-state index in [-0.39, 0.29) is 9.79 Å². The van der Waals surface area contributed by atoms with E-state index in [2.05, 4.69) is 0 Å². The van der Waals surface area contributed by atoms with Crippen LogP contribution < -0.4 is 9.88 Å². The van der Waals surface area contributed by atoms with Gasteiger partial charge in [-0.05, 0) is 12.1 Å². The number of rotatable bonds is 2. The largest absolute Gasteiger partial charge is 0.497 e. The van der Waals surface area contributed by atoms with Gasteiger partial charge in [0.25, 0.3) is 0 Å². The normalized spacial score (nSPS) is 11.2. The third-order valence-corrected chi connectivity index (χ3v) is 2.89. The molecule has 0 aliphatic heterocycles. The Morgan fingerprint density at radius 3 is 2.54 bits per heavy atom. The SMILES string of the molecule is COc1ccc([S])c(S(N)(=O)=O)c1. The standard InChI is InChI=1S/C7H8NO3S2/c1-11-5-2-3-6(12)7(4-5)13(8,9)10/h2-4H,1H3,(H2,8,9,10). The zero-order chi connectivity index (χ0) is 10.1. The second kappa shape index (κ2) is 3.49. The molecule has 0 saturated heterocycles. The first-order chi connectivity index (χ1) is 5.95. The topological polar surface area (TPSA) is 69.4 Å². The number of ether oxygens (including phenoxy) is 1. The summed E-state index contributed by atoms with van der Waals surface area (Å²) in [5.41, 5.74) is 0. The van der Waals surface area contributed by atoms with Crippen LogP contribution in [-0.4, -0.2) is 15.5 Å². The second-order valence-electron chi connectivity index (χ2n) is 2.36. The van der Waals surface area contributed by atoms with Crippen molar-refractivity contribution in [1.82, 2.24) is 0 Å². The Balaban J connectivity index is 3.36. The van der Waals surface area contributed by atoms with E-state index in [9.17, 15) is 8.42 Å². The average Bonchev–Trinajstić information content (AvgIpc) is 2.03. The highest BCUT2D eigenvalue weighted by molar-refractivity contribution is 7.90. The molecule has 1 radical (unpaired) electrons. The fourth-order valence-electron chi connectivity index (χ4n) is 0.838. The van der Waals surface area contributed by atoms with Crippen molar-refractivity contribution in [2.75, 3.05) is 7.11 Å². The maximum absolute atomic E-state index is 11.0. The van der Waals surface area contributed by atoms with Gasteiger partial charge >= 0.3 is 0 Å². The summed E-state index contributed by atoms with van der Waals surface area (Å²) < 4.78 is 26.8. The van der Waals surface area contributed by atoms with Gasteiger partial charge in [0.2, 0.25) is 10.0 Å². The van der Waals surface area contributed by atoms with E-state index in [4.69, 9.17) is 22.5 Å². The Labute approximate surface area is 82.2 Å². The van der Waals surface area contributed by atoms with Crippen molar-refractivity contribution in [3.8, 4) is 5.75 Å². The highest BCUT2D eigenvalue weighted by atomic mass is 32.2. The molecule has 0 saturated carbocycles. The van der Waals surface area contributed by atoms with Gasteiger partial charge in [-0.3, -0.25) is 0 Å². The summed E-state index contributed by atoms with van der Waals surface area (Å²) in [6, 6.07) is 4.35. The van der Waals surface area contributed by atoms with Crippen LogP contribution in [0, 0.1) is 0 Å². The van der Waals surface area contributed by atoms with Crippen molar-refractivity contribution in [3.05, 3.63) is 18.2 Å². The average molecular weight is 218 g/mol. The van der Waals surface area contributed by atoms with Gasteiger partial charge in [-0.25, -0.2) is 13.6 Å². The van der Waals surface area contributed by atoms with E-state index in [1.54, 1.807) is 6.07 Å². The van der Waals surface area contributed by atoms with Crippen LogP contribution >= 0.6 is 12.6 Å². The van der Waals surface area contributed by atoms with Crippen LogP contribution in [-0.2, 0) is 10.0 Å². The van der Waals surface area contributed by atoms with E-state index in [0.29, 0.717) is 5.75 Å². The highest BCUT2D eigenvalue weighted by Crippen LogP contribution is 2.23. The number of hydrogen-bond acceptors (Lipinski definition) is 3. The lowest BCUT2D eigenvalue weighted by atomic mass is 10.3. The van der Waals surface area contributed by atoms with Crippen LogP contribution in [0.15, 0.2) is 28.0 Å². The van der Waals surface area contributed by atoms with Crippen LogP contribution in [0.5, 0.6) is 5.75 Å². The van der Waals surface area contributed by atoms with Crippen LogP contribution in [0.1, 0.15) is 0 Å². The third kappa shape index (κ3) is 2.30. The molecule has 13 heavy (non-hydrogen) atoms. The minimum absolute atomic E-state index is 0.0816. The van der Waals surface area contributed by atoms with Gasteiger partial charge in [-0.15, -0.1) is 0 Å². The summed E-state index contributed by atoms with van der Waals surface area (Å²) >= 11 is 4.79. The number of hydrogen-bond donors (Lipinski definition) is 1. The van der Waals surface area contributed by atoms with Gasteiger partial charge < -0.3 is 4.74 Å².